The molecular formula is C26H34N2O3. The highest BCUT2D eigenvalue weighted by molar-refractivity contribution is 5.76. The smallest absolute Gasteiger partial charge is 0.222 e. The predicted octanol–water partition coefficient (Wildman–Crippen LogP) is 4.12. The van der Waals surface area contributed by atoms with E-state index in [1.54, 1.807) is 0 Å². The highest BCUT2D eigenvalue weighted by atomic mass is 16.5. The lowest BCUT2D eigenvalue weighted by Gasteiger charge is -2.33. The van der Waals surface area contributed by atoms with Crippen molar-refractivity contribution in [1.29, 1.82) is 0 Å². The lowest BCUT2D eigenvalue weighted by atomic mass is 9.93. The molecule has 2 aliphatic rings. The number of piperidine rings is 1. The molecule has 31 heavy (non-hydrogen) atoms. The lowest BCUT2D eigenvalue weighted by Crippen LogP contribution is -2.41. The second-order valence-corrected chi connectivity index (χ2v) is 8.69. The first-order valence-corrected chi connectivity index (χ1v) is 11.6. The molecule has 0 saturated carbocycles. The van der Waals surface area contributed by atoms with E-state index in [0.29, 0.717) is 38.1 Å². The van der Waals surface area contributed by atoms with Gasteiger partial charge in [0.25, 0.3) is 0 Å². The maximum Gasteiger partial charge on any atom is 0.222 e. The summed E-state index contributed by atoms with van der Waals surface area (Å²) >= 11 is 0. The Morgan fingerprint density at radius 3 is 2.52 bits per heavy atom. The van der Waals surface area contributed by atoms with Crippen LogP contribution in [0.1, 0.15) is 36.8 Å². The number of rotatable bonds is 8. The van der Waals surface area contributed by atoms with Crippen molar-refractivity contribution in [2.75, 3.05) is 39.4 Å². The summed E-state index contributed by atoms with van der Waals surface area (Å²) in [6, 6.07) is 18.7. The van der Waals surface area contributed by atoms with Gasteiger partial charge in [0.2, 0.25) is 5.91 Å². The van der Waals surface area contributed by atoms with E-state index in [4.69, 9.17) is 9.47 Å². The van der Waals surface area contributed by atoms with Crippen LogP contribution in [0, 0.1) is 5.92 Å². The van der Waals surface area contributed by atoms with Crippen molar-refractivity contribution in [3.63, 3.8) is 0 Å². The Hall–Kier alpha value is -2.37. The summed E-state index contributed by atoms with van der Waals surface area (Å²) in [5.74, 6) is 1.82. The molecule has 0 radical (unpaired) electrons. The molecule has 5 heteroatoms. The number of amides is 1. The van der Waals surface area contributed by atoms with Crippen LogP contribution in [0.5, 0.6) is 5.75 Å². The van der Waals surface area contributed by atoms with Gasteiger partial charge in [0.15, 0.2) is 0 Å². The van der Waals surface area contributed by atoms with Crippen LogP contribution in [-0.2, 0) is 22.7 Å². The van der Waals surface area contributed by atoms with Gasteiger partial charge in [-0.15, -0.1) is 0 Å². The Balaban J connectivity index is 1.20. The summed E-state index contributed by atoms with van der Waals surface area (Å²) in [4.78, 5) is 16.9. The molecular weight excluding hydrogens is 388 g/mol. The molecule has 0 aliphatic carbocycles. The first-order valence-electron chi connectivity index (χ1n) is 11.6. The van der Waals surface area contributed by atoms with Crippen LogP contribution in [0.25, 0.3) is 0 Å². The summed E-state index contributed by atoms with van der Waals surface area (Å²) in [5.41, 5.74) is 2.50. The fourth-order valence-electron chi connectivity index (χ4n) is 4.52. The van der Waals surface area contributed by atoms with Crippen molar-refractivity contribution >= 4 is 5.91 Å². The van der Waals surface area contributed by atoms with E-state index in [9.17, 15) is 4.79 Å². The quantitative estimate of drug-likeness (QED) is 0.642. The molecule has 0 unspecified atom stereocenters. The predicted molar refractivity (Wildman–Crippen MR) is 122 cm³/mol. The van der Waals surface area contributed by atoms with Crippen molar-refractivity contribution in [2.24, 2.45) is 5.92 Å². The molecule has 1 amide bonds. The number of hydrogen-bond acceptors (Lipinski definition) is 4. The number of morpholine rings is 1. The molecule has 2 aromatic rings. The number of nitrogens with zero attached hydrogens (tertiary/aromatic N) is 2. The number of benzene rings is 2. The van der Waals surface area contributed by atoms with Gasteiger partial charge in [-0.1, -0.05) is 42.5 Å². The van der Waals surface area contributed by atoms with E-state index in [-0.39, 0.29) is 0 Å². The molecule has 1 atom stereocenters. The Morgan fingerprint density at radius 1 is 0.968 bits per heavy atom. The zero-order valence-corrected chi connectivity index (χ0v) is 18.4. The van der Waals surface area contributed by atoms with Crippen molar-refractivity contribution in [3.05, 3.63) is 65.7 Å². The third kappa shape index (κ3) is 6.81. The summed E-state index contributed by atoms with van der Waals surface area (Å²) in [6.07, 6.45) is 4.12. The van der Waals surface area contributed by atoms with E-state index in [1.807, 2.05) is 23.1 Å². The normalized spacial score (nSPS) is 19.9. The van der Waals surface area contributed by atoms with Crippen molar-refractivity contribution < 1.29 is 14.3 Å². The number of carbonyl (C=O) groups is 1. The molecule has 2 heterocycles. The second kappa shape index (κ2) is 11.3. The maximum atomic E-state index is 12.4. The zero-order valence-electron chi connectivity index (χ0n) is 18.4. The molecule has 0 N–H and O–H groups in total. The molecule has 0 bridgehead atoms. The molecule has 2 fully saturated rings. The van der Waals surface area contributed by atoms with E-state index < -0.39 is 0 Å². The molecule has 5 nitrogen and oxygen atoms in total. The molecule has 2 aromatic carbocycles. The van der Waals surface area contributed by atoms with Crippen molar-refractivity contribution in [2.45, 2.75) is 38.8 Å². The van der Waals surface area contributed by atoms with Gasteiger partial charge in [0, 0.05) is 32.6 Å². The largest absolute Gasteiger partial charge is 0.489 e. The molecule has 166 valence electrons. The maximum absolute atomic E-state index is 12.4. The average Bonchev–Trinajstić information content (AvgIpc) is 2.83. The number of carbonyl (C=O) groups excluding carboxylic acids is 1. The third-order valence-corrected chi connectivity index (χ3v) is 6.31. The van der Waals surface area contributed by atoms with Crippen LogP contribution in [0.2, 0.25) is 0 Å². The van der Waals surface area contributed by atoms with Gasteiger partial charge in [-0.2, -0.15) is 0 Å². The highest BCUT2D eigenvalue weighted by Gasteiger charge is 2.23. The topological polar surface area (TPSA) is 42.0 Å². The van der Waals surface area contributed by atoms with Gasteiger partial charge in [0.05, 0.1) is 13.2 Å². The van der Waals surface area contributed by atoms with E-state index in [2.05, 4.69) is 41.3 Å². The number of likely N-dealkylation sites (tertiary alicyclic amines) is 1. The first-order chi connectivity index (χ1) is 15.3. The molecule has 2 aliphatic heterocycles. The van der Waals surface area contributed by atoms with Crippen LogP contribution in [0.3, 0.4) is 0 Å². The van der Waals surface area contributed by atoms with Gasteiger partial charge < -0.3 is 14.4 Å². The third-order valence-electron chi connectivity index (χ3n) is 6.31. The average molecular weight is 423 g/mol. The monoisotopic (exact) mass is 422 g/mol. The van der Waals surface area contributed by atoms with E-state index in [1.165, 1.54) is 24.0 Å². The molecule has 0 spiro atoms. The van der Waals surface area contributed by atoms with E-state index in [0.717, 1.165) is 44.9 Å². The fourth-order valence-corrected chi connectivity index (χ4v) is 4.52. The summed E-state index contributed by atoms with van der Waals surface area (Å²) in [5, 5.41) is 0. The Kier molecular flexibility index (Phi) is 7.97. The van der Waals surface area contributed by atoms with Crippen LogP contribution in [-0.4, -0.2) is 55.1 Å². The molecule has 0 aromatic heterocycles. The molecule has 2 saturated heterocycles. The minimum atomic E-state index is 0.298. The minimum Gasteiger partial charge on any atom is -0.489 e. The number of hydrogen-bond donors (Lipinski definition) is 0. The van der Waals surface area contributed by atoms with E-state index >= 15 is 0 Å². The highest BCUT2D eigenvalue weighted by Crippen LogP contribution is 2.24. The molecule has 4 rings (SSSR count). The summed E-state index contributed by atoms with van der Waals surface area (Å²) < 4.78 is 11.2. The van der Waals surface area contributed by atoms with Crippen LogP contribution < -0.4 is 4.74 Å². The summed E-state index contributed by atoms with van der Waals surface area (Å²) in [6.45, 7) is 6.65. The fraction of sp³-hybridized carbons (Fsp3) is 0.500. The SMILES string of the molecule is O=C(CC[C@H]1CCCN(Cc2ccc(OCc3ccccc3)cc2)C1)N1CCOCC1. The Labute approximate surface area is 185 Å². The van der Waals surface area contributed by atoms with Gasteiger partial charge in [-0.05, 0) is 55.0 Å². The van der Waals surface area contributed by atoms with Crippen molar-refractivity contribution in [3.8, 4) is 5.75 Å². The Morgan fingerprint density at radius 2 is 1.74 bits per heavy atom. The van der Waals surface area contributed by atoms with Gasteiger partial charge in [0.1, 0.15) is 12.4 Å². The standard InChI is InChI=1S/C26H34N2O3/c29-26(28-15-17-30-18-16-28)13-10-22-7-4-14-27(19-22)20-23-8-11-25(12-9-23)31-21-24-5-2-1-3-6-24/h1-3,5-6,8-9,11-12,22H,4,7,10,13-21H2/t22-/m1/s1. The second-order valence-electron chi connectivity index (χ2n) is 8.69. The number of ether oxygens (including phenoxy) is 2. The van der Waals surface area contributed by atoms with Gasteiger partial charge in [-0.25, -0.2) is 0 Å². The summed E-state index contributed by atoms with van der Waals surface area (Å²) in [7, 11) is 0. The van der Waals surface area contributed by atoms with Gasteiger partial charge >= 0.3 is 0 Å². The van der Waals surface area contributed by atoms with Crippen LogP contribution in [0.15, 0.2) is 54.6 Å². The Bertz CT molecular complexity index is 803. The minimum absolute atomic E-state index is 0.298. The zero-order chi connectivity index (χ0) is 21.3. The van der Waals surface area contributed by atoms with Crippen LogP contribution in [0.4, 0.5) is 0 Å². The van der Waals surface area contributed by atoms with Gasteiger partial charge in [-0.3, -0.25) is 9.69 Å². The van der Waals surface area contributed by atoms with Crippen LogP contribution >= 0.6 is 0 Å². The first kappa shape index (κ1) is 21.8. The van der Waals surface area contributed by atoms with Crippen molar-refractivity contribution in [1.82, 2.24) is 9.80 Å². The lowest BCUT2D eigenvalue weighted by molar-refractivity contribution is -0.135.